The van der Waals surface area contributed by atoms with Gasteiger partial charge in [-0.1, -0.05) is 0 Å². The number of ether oxygens (including phenoxy) is 3. The third-order valence-electron chi connectivity index (χ3n) is 3.03. The molecule has 0 spiro atoms. The van der Waals surface area contributed by atoms with Crippen molar-refractivity contribution in [2.75, 3.05) is 26.3 Å². The number of aryl methyl sites for hydroxylation is 1. The summed E-state index contributed by atoms with van der Waals surface area (Å²) in [7, 11) is 3.09. The lowest BCUT2D eigenvalue weighted by Crippen LogP contribution is -2.15. The zero-order valence-electron chi connectivity index (χ0n) is 13.9. The number of hydrogen-bond donors (Lipinski definition) is 2. The molecule has 128 valence electrons. The second-order valence-electron chi connectivity index (χ2n) is 4.63. The highest BCUT2D eigenvalue weighted by molar-refractivity contribution is 5.83. The third kappa shape index (κ3) is 4.00. The number of benzene rings is 1. The van der Waals surface area contributed by atoms with Crippen LogP contribution in [0.3, 0.4) is 0 Å². The lowest BCUT2D eigenvalue weighted by Gasteiger charge is -2.14. The van der Waals surface area contributed by atoms with Gasteiger partial charge in [0.05, 0.1) is 27.0 Å². The standard InChI is InChI=1S/C15H19N5O4/c1-5-24-13-11(22-3)6-10(7-12(13)23-4)8-16-19-14-9(2)18-20-15(21)17-14/h6-8H,5H2,1-4H3,(H2,17,19,20,21)/b16-8+. The van der Waals surface area contributed by atoms with Crippen molar-refractivity contribution in [1.82, 2.24) is 15.2 Å². The van der Waals surface area contributed by atoms with Gasteiger partial charge >= 0.3 is 5.69 Å². The van der Waals surface area contributed by atoms with Gasteiger partial charge in [0.15, 0.2) is 17.3 Å². The zero-order chi connectivity index (χ0) is 17.5. The predicted molar refractivity (Wildman–Crippen MR) is 89.3 cm³/mol. The Balaban J connectivity index is 2.25. The van der Waals surface area contributed by atoms with Crippen LogP contribution in [0.4, 0.5) is 5.82 Å². The molecule has 0 aliphatic rings. The number of nitrogens with one attached hydrogen (secondary N) is 2. The van der Waals surface area contributed by atoms with Gasteiger partial charge in [-0.25, -0.2) is 9.89 Å². The zero-order valence-corrected chi connectivity index (χ0v) is 13.9. The van der Waals surface area contributed by atoms with Crippen LogP contribution >= 0.6 is 0 Å². The highest BCUT2D eigenvalue weighted by Crippen LogP contribution is 2.38. The quantitative estimate of drug-likeness (QED) is 0.581. The molecule has 2 N–H and O–H groups in total. The molecule has 9 nitrogen and oxygen atoms in total. The minimum Gasteiger partial charge on any atom is -0.493 e. The fourth-order valence-corrected chi connectivity index (χ4v) is 1.93. The van der Waals surface area contributed by atoms with Crippen LogP contribution in [0.25, 0.3) is 0 Å². The molecule has 0 aliphatic heterocycles. The van der Waals surface area contributed by atoms with Gasteiger partial charge in [-0.3, -0.25) is 5.43 Å². The van der Waals surface area contributed by atoms with Gasteiger partial charge in [0.2, 0.25) is 5.75 Å². The number of H-pyrrole nitrogens is 1. The molecule has 0 bridgehead atoms. The van der Waals surface area contributed by atoms with Crippen LogP contribution in [-0.4, -0.2) is 42.2 Å². The van der Waals surface area contributed by atoms with Crippen LogP contribution < -0.4 is 25.3 Å². The van der Waals surface area contributed by atoms with E-state index in [0.717, 1.165) is 5.56 Å². The number of anilines is 1. The van der Waals surface area contributed by atoms with Crippen molar-refractivity contribution in [2.24, 2.45) is 5.10 Å². The summed E-state index contributed by atoms with van der Waals surface area (Å²) in [5, 5.41) is 10.1. The number of methoxy groups -OCH3 is 2. The van der Waals surface area contributed by atoms with Gasteiger partial charge in [0.25, 0.3) is 0 Å². The highest BCUT2D eigenvalue weighted by Gasteiger charge is 2.13. The molecule has 0 radical (unpaired) electrons. The van der Waals surface area contributed by atoms with Gasteiger partial charge in [0, 0.05) is 5.56 Å². The summed E-state index contributed by atoms with van der Waals surface area (Å²) in [5.74, 6) is 1.87. The second-order valence-corrected chi connectivity index (χ2v) is 4.63. The molecule has 24 heavy (non-hydrogen) atoms. The van der Waals surface area contributed by atoms with Crippen LogP contribution in [0.2, 0.25) is 0 Å². The molecule has 0 atom stereocenters. The largest absolute Gasteiger partial charge is 0.493 e. The molecule has 1 aromatic heterocycles. The Labute approximate surface area is 138 Å². The summed E-state index contributed by atoms with van der Waals surface area (Å²) in [5.41, 5.74) is 3.37. The molecule has 9 heteroatoms. The molecule has 0 aliphatic carbocycles. The maximum absolute atomic E-state index is 11.2. The van der Waals surface area contributed by atoms with E-state index in [2.05, 4.69) is 25.7 Å². The average Bonchev–Trinajstić information content (AvgIpc) is 2.58. The van der Waals surface area contributed by atoms with E-state index in [1.165, 1.54) is 0 Å². The van der Waals surface area contributed by atoms with Crippen molar-refractivity contribution in [3.8, 4) is 17.2 Å². The SMILES string of the molecule is CCOc1c(OC)cc(/C=N/Nc2nc(=O)[nH]nc2C)cc1OC. The summed E-state index contributed by atoms with van der Waals surface area (Å²) < 4.78 is 16.2. The molecule has 0 fully saturated rings. The highest BCUT2D eigenvalue weighted by atomic mass is 16.5. The van der Waals surface area contributed by atoms with Crippen molar-refractivity contribution in [3.05, 3.63) is 33.9 Å². The van der Waals surface area contributed by atoms with Gasteiger partial charge in [-0.15, -0.1) is 0 Å². The Bertz CT molecular complexity index is 763. The van der Waals surface area contributed by atoms with E-state index in [9.17, 15) is 4.79 Å². The summed E-state index contributed by atoms with van der Waals surface area (Å²) in [4.78, 5) is 14.9. The van der Waals surface area contributed by atoms with Crippen LogP contribution in [0, 0.1) is 6.92 Å². The number of aromatic nitrogens is 3. The first-order chi connectivity index (χ1) is 11.6. The summed E-state index contributed by atoms with van der Waals surface area (Å²) >= 11 is 0. The molecule has 0 unspecified atom stereocenters. The third-order valence-corrected chi connectivity index (χ3v) is 3.03. The van der Waals surface area contributed by atoms with Crippen LogP contribution in [-0.2, 0) is 0 Å². The van der Waals surface area contributed by atoms with E-state index >= 15 is 0 Å². The Kier molecular flexibility index (Phi) is 5.72. The molecule has 2 rings (SSSR count). The molecule has 0 saturated heterocycles. The first-order valence-corrected chi connectivity index (χ1v) is 7.20. The fraction of sp³-hybridized carbons (Fsp3) is 0.333. The molecule has 0 amide bonds. The first kappa shape index (κ1) is 17.3. The summed E-state index contributed by atoms with van der Waals surface area (Å²) in [6.07, 6.45) is 1.54. The van der Waals surface area contributed by atoms with Crippen LogP contribution in [0.5, 0.6) is 17.2 Å². The lowest BCUT2D eigenvalue weighted by atomic mass is 10.2. The number of rotatable bonds is 7. The van der Waals surface area contributed by atoms with Crippen LogP contribution in [0.15, 0.2) is 22.0 Å². The Hall–Kier alpha value is -3.10. The van der Waals surface area contributed by atoms with E-state index in [4.69, 9.17) is 14.2 Å². The first-order valence-electron chi connectivity index (χ1n) is 7.20. The topological polar surface area (TPSA) is 111 Å². The van der Waals surface area contributed by atoms with Gasteiger partial charge in [0.1, 0.15) is 5.69 Å². The van der Waals surface area contributed by atoms with E-state index in [1.54, 1.807) is 39.5 Å². The second kappa shape index (κ2) is 7.95. The van der Waals surface area contributed by atoms with E-state index < -0.39 is 5.69 Å². The Morgan fingerprint density at radius 3 is 2.54 bits per heavy atom. The van der Waals surface area contributed by atoms with E-state index in [-0.39, 0.29) is 5.82 Å². The summed E-state index contributed by atoms with van der Waals surface area (Å²) in [6.45, 7) is 4.06. The van der Waals surface area contributed by atoms with Crippen molar-refractivity contribution < 1.29 is 14.2 Å². The lowest BCUT2D eigenvalue weighted by molar-refractivity contribution is 0.288. The van der Waals surface area contributed by atoms with Crippen molar-refractivity contribution in [2.45, 2.75) is 13.8 Å². The van der Waals surface area contributed by atoms with Crippen LogP contribution in [0.1, 0.15) is 18.2 Å². The molecule has 2 aromatic rings. The van der Waals surface area contributed by atoms with Crippen molar-refractivity contribution in [3.63, 3.8) is 0 Å². The molecule has 1 aromatic carbocycles. The number of hydrogen-bond acceptors (Lipinski definition) is 8. The van der Waals surface area contributed by atoms with Gasteiger partial charge in [-0.05, 0) is 26.0 Å². The Morgan fingerprint density at radius 2 is 1.96 bits per heavy atom. The number of hydrazone groups is 1. The molecule has 1 heterocycles. The van der Waals surface area contributed by atoms with Crippen molar-refractivity contribution >= 4 is 12.0 Å². The van der Waals surface area contributed by atoms with Crippen molar-refractivity contribution in [1.29, 1.82) is 0 Å². The molecule has 0 saturated carbocycles. The van der Waals surface area contributed by atoms with Gasteiger partial charge < -0.3 is 14.2 Å². The van der Waals surface area contributed by atoms with Gasteiger partial charge in [-0.2, -0.15) is 15.2 Å². The monoisotopic (exact) mass is 333 g/mol. The maximum atomic E-state index is 11.2. The number of aromatic amines is 1. The average molecular weight is 333 g/mol. The summed E-state index contributed by atoms with van der Waals surface area (Å²) in [6, 6.07) is 3.52. The van der Waals surface area contributed by atoms with E-state index in [0.29, 0.717) is 29.5 Å². The smallest absolute Gasteiger partial charge is 0.363 e. The number of nitrogens with zero attached hydrogens (tertiary/aromatic N) is 3. The normalized spacial score (nSPS) is 10.7. The Morgan fingerprint density at radius 1 is 1.29 bits per heavy atom. The molecular formula is C15H19N5O4. The minimum absolute atomic E-state index is 0.278. The predicted octanol–water partition coefficient (Wildman–Crippen LogP) is 1.34. The fourth-order valence-electron chi connectivity index (χ4n) is 1.93. The minimum atomic E-state index is -0.553. The molecular weight excluding hydrogens is 314 g/mol. The maximum Gasteiger partial charge on any atom is 0.363 e. The van der Waals surface area contributed by atoms with E-state index in [1.807, 2.05) is 6.92 Å².